The van der Waals surface area contributed by atoms with E-state index in [0.717, 1.165) is 0 Å². The Morgan fingerprint density at radius 1 is 0.537 bits per heavy atom. The van der Waals surface area contributed by atoms with Crippen molar-refractivity contribution in [2.75, 3.05) is 0 Å². The summed E-state index contributed by atoms with van der Waals surface area (Å²) in [5, 5.41) is 4.55. The summed E-state index contributed by atoms with van der Waals surface area (Å²) < 4.78 is 1.13. The van der Waals surface area contributed by atoms with Crippen molar-refractivity contribution in [1.29, 1.82) is 0 Å². The van der Waals surface area contributed by atoms with Gasteiger partial charge in [-0.3, -0.25) is 0 Å². The third-order valence-corrected chi connectivity index (χ3v) is 16.1. The van der Waals surface area contributed by atoms with Gasteiger partial charge in [0, 0.05) is 0 Å². The van der Waals surface area contributed by atoms with Crippen LogP contribution in [0.5, 0.6) is 0 Å². The van der Waals surface area contributed by atoms with Crippen molar-refractivity contribution < 1.29 is 48.0 Å². The molecule has 0 N–H and O–H groups in total. The number of benzene rings is 5. The average molecular weight is 667 g/mol. The van der Waals surface area contributed by atoms with Crippen molar-refractivity contribution >= 4 is 30.7 Å². The number of fused-ring (bicyclic) bond motifs is 2. The van der Waals surface area contributed by atoms with Gasteiger partial charge in [0.25, 0.3) is 0 Å². The third kappa shape index (κ3) is 5.76. The van der Waals surface area contributed by atoms with E-state index in [0.29, 0.717) is 7.25 Å². The summed E-state index contributed by atoms with van der Waals surface area (Å²) in [5.74, 6) is 0. The molecule has 0 aliphatic heterocycles. The van der Waals surface area contributed by atoms with E-state index in [1.165, 1.54) is 32.9 Å². The average Bonchev–Trinajstić information content (AvgIpc) is 3.52. The van der Waals surface area contributed by atoms with Crippen molar-refractivity contribution in [3.8, 4) is 11.1 Å². The van der Waals surface area contributed by atoms with Gasteiger partial charge in [-0.1, -0.05) is 0 Å². The van der Waals surface area contributed by atoms with Crippen LogP contribution in [0.4, 0.5) is 0 Å². The second kappa shape index (κ2) is 13.2. The van der Waals surface area contributed by atoms with Crippen LogP contribution in [0.15, 0.2) is 144 Å². The summed E-state index contributed by atoms with van der Waals surface area (Å²) in [4.78, 5) is 0. The minimum absolute atomic E-state index is 0. The van der Waals surface area contributed by atoms with Gasteiger partial charge in [0.2, 0.25) is 0 Å². The molecule has 0 spiro atoms. The maximum Gasteiger partial charge on any atom is -1.00 e. The van der Waals surface area contributed by atoms with Crippen LogP contribution < -0.4 is 35.4 Å². The number of allylic oxidation sites excluding steroid dienone is 2. The largest absolute Gasteiger partial charge is 1.00 e. The zero-order valence-electron chi connectivity index (χ0n) is 22.7. The summed E-state index contributed by atoms with van der Waals surface area (Å²) >= 11 is -1.000. The van der Waals surface area contributed by atoms with Gasteiger partial charge in [-0.05, 0) is 0 Å². The van der Waals surface area contributed by atoms with Gasteiger partial charge >= 0.3 is 246 Å². The molecule has 0 saturated carbocycles. The van der Waals surface area contributed by atoms with E-state index < -0.39 is 31.2 Å². The van der Waals surface area contributed by atoms with Crippen LogP contribution in [0.1, 0.15) is 36.4 Å². The molecule has 0 saturated heterocycles. The summed E-state index contributed by atoms with van der Waals surface area (Å²) in [6.07, 6.45) is 5.05. The van der Waals surface area contributed by atoms with E-state index in [9.17, 15) is 0 Å². The molecule has 7 rings (SSSR count). The fourth-order valence-electron chi connectivity index (χ4n) is 6.09. The summed E-state index contributed by atoms with van der Waals surface area (Å²) in [6, 6.07) is 49.5. The first kappa shape index (κ1) is 29.9. The molecule has 0 nitrogen and oxygen atoms in total. The first-order valence-corrected chi connectivity index (χ1v) is 17.8. The monoisotopic (exact) mass is 664 g/mol. The molecule has 0 radical (unpaired) electrons. The molecule has 5 aromatic carbocycles. The van der Waals surface area contributed by atoms with Gasteiger partial charge in [-0.25, -0.2) is 0 Å². The molecule has 0 amide bonds. The molecule has 2 aliphatic rings. The van der Waals surface area contributed by atoms with Crippen molar-refractivity contribution in [1.82, 2.24) is 0 Å². The second-order valence-electron chi connectivity index (χ2n) is 10.3. The maximum atomic E-state index is 2.56. The molecular weight excluding hydrogens is 638 g/mol. The quantitative estimate of drug-likeness (QED) is 0.245. The normalized spacial score (nSPS) is 16.4. The van der Waals surface area contributed by atoms with Gasteiger partial charge in [0.15, 0.2) is 0 Å². The molecule has 0 bridgehead atoms. The first-order valence-electron chi connectivity index (χ1n) is 13.6. The van der Waals surface area contributed by atoms with Crippen LogP contribution >= 0.6 is 7.92 Å². The summed E-state index contributed by atoms with van der Waals surface area (Å²) in [5.41, 5.74) is 10.2. The number of rotatable bonds is 6. The fourth-order valence-corrected chi connectivity index (χ4v) is 14.4. The van der Waals surface area contributed by atoms with Crippen molar-refractivity contribution in [2.45, 2.75) is 14.2 Å². The predicted molar refractivity (Wildman–Crippen MR) is 165 cm³/mol. The Morgan fingerprint density at radius 2 is 1.10 bits per heavy atom. The molecule has 0 heterocycles. The Morgan fingerprint density at radius 3 is 1.76 bits per heavy atom. The SMILES string of the molecule is CC1=Cc2c(-c3ccccc3)cccc2[CH]1[Zr+2][CH]1C(P(c2ccccc2)c2ccccc2)=Cc2ccccc21.[Cl-].[Cl-]. The fraction of sp³-hybridized carbons (Fsp3) is 0.0811. The Balaban J connectivity index is 0.00000169. The molecule has 41 heavy (non-hydrogen) atoms. The smallest absolute Gasteiger partial charge is 1.00 e. The van der Waals surface area contributed by atoms with Crippen LogP contribution in [0.3, 0.4) is 0 Å². The Hall–Kier alpha value is -2.53. The van der Waals surface area contributed by atoms with Crippen molar-refractivity contribution in [3.63, 3.8) is 0 Å². The van der Waals surface area contributed by atoms with Gasteiger partial charge in [0.1, 0.15) is 0 Å². The second-order valence-corrected chi connectivity index (χ2v) is 16.2. The van der Waals surface area contributed by atoms with E-state index in [4.69, 9.17) is 0 Å². The minimum atomic E-state index is -1.000. The van der Waals surface area contributed by atoms with Crippen LogP contribution in [0, 0.1) is 0 Å². The van der Waals surface area contributed by atoms with E-state index in [-0.39, 0.29) is 24.8 Å². The van der Waals surface area contributed by atoms with Crippen LogP contribution in [0.25, 0.3) is 23.3 Å². The van der Waals surface area contributed by atoms with Crippen LogP contribution in [-0.4, -0.2) is 0 Å². The van der Waals surface area contributed by atoms with E-state index in [1.54, 1.807) is 22.0 Å². The van der Waals surface area contributed by atoms with Crippen molar-refractivity contribution in [3.05, 3.63) is 167 Å². The van der Waals surface area contributed by atoms with E-state index in [1.807, 2.05) is 0 Å². The number of hydrogen-bond acceptors (Lipinski definition) is 0. The molecule has 2 atom stereocenters. The first-order chi connectivity index (χ1) is 19.3. The predicted octanol–water partition coefficient (Wildman–Crippen LogP) is 3.13. The standard InChI is InChI=1S/C21H16P.C16H13.2ClH.Zr/c1-3-11-19(12-4-1)22(20-13-5-2-6-14-20)21-15-17-9-7-8-10-18(17)16-21;1-12-10-14-8-5-9-15(16(14)11-12)13-6-3-2-4-7-13;;;/h1-16H;2-11H,1H3;2*1H;/q;;;;+2/p-2. The minimum Gasteiger partial charge on any atom is -1.00 e. The van der Waals surface area contributed by atoms with Gasteiger partial charge < -0.3 is 24.8 Å². The zero-order valence-corrected chi connectivity index (χ0v) is 27.6. The topological polar surface area (TPSA) is 0 Å². The van der Waals surface area contributed by atoms with E-state index in [2.05, 4.69) is 153 Å². The molecule has 5 aromatic rings. The Bertz CT molecular complexity index is 1660. The molecular formula is C37H29Cl2PZr. The number of halogens is 2. The zero-order chi connectivity index (χ0) is 26.2. The molecule has 0 aromatic heterocycles. The third-order valence-electron chi connectivity index (χ3n) is 7.89. The Kier molecular flexibility index (Phi) is 9.64. The molecule has 2 unspecified atom stereocenters. The molecule has 200 valence electrons. The van der Waals surface area contributed by atoms with Crippen molar-refractivity contribution in [2.24, 2.45) is 0 Å². The van der Waals surface area contributed by atoms with Gasteiger partial charge in [-0.15, -0.1) is 0 Å². The van der Waals surface area contributed by atoms with Gasteiger partial charge in [-0.2, -0.15) is 0 Å². The van der Waals surface area contributed by atoms with E-state index >= 15 is 0 Å². The summed E-state index contributed by atoms with van der Waals surface area (Å²) in [6.45, 7) is 2.38. The molecule has 4 heteroatoms. The summed E-state index contributed by atoms with van der Waals surface area (Å²) in [7, 11) is -0.598. The maximum absolute atomic E-state index is 2.56. The molecule has 0 fully saturated rings. The van der Waals surface area contributed by atoms with Crippen LogP contribution in [-0.2, 0) is 23.2 Å². The van der Waals surface area contributed by atoms with Crippen LogP contribution in [0.2, 0.25) is 0 Å². The number of hydrogen-bond donors (Lipinski definition) is 0. The molecule has 2 aliphatic carbocycles. The van der Waals surface area contributed by atoms with Gasteiger partial charge in [0.05, 0.1) is 0 Å². The Labute approximate surface area is 268 Å².